The number of methoxy groups -OCH3 is 1. The molecule has 6 heteroatoms. The highest BCUT2D eigenvalue weighted by Crippen LogP contribution is 2.09. The van der Waals surface area contributed by atoms with Crippen molar-refractivity contribution in [3.8, 4) is 6.07 Å². The normalized spacial score (nSPS) is 13.0. The Kier molecular flexibility index (Phi) is 7.23. The van der Waals surface area contributed by atoms with Crippen molar-refractivity contribution in [3.63, 3.8) is 0 Å². The first-order chi connectivity index (χ1) is 10.9. The highest BCUT2D eigenvalue weighted by Gasteiger charge is 2.25. The number of rotatable bonds is 7. The van der Waals surface area contributed by atoms with E-state index in [9.17, 15) is 14.7 Å². The Labute approximate surface area is 136 Å². The Bertz CT molecular complexity index is 575. The molecule has 1 rings (SSSR count). The van der Waals surface area contributed by atoms with Gasteiger partial charge in [-0.05, 0) is 30.0 Å². The highest BCUT2D eigenvalue weighted by molar-refractivity contribution is 5.87. The zero-order valence-electron chi connectivity index (χ0n) is 13.6. The summed E-state index contributed by atoms with van der Waals surface area (Å²) in [5, 5.41) is 21.1. The maximum atomic E-state index is 12.0. The van der Waals surface area contributed by atoms with Gasteiger partial charge < -0.3 is 15.2 Å². The predicted molar refractivity (Wildman–Crippen MR) is 84.3 cm³/mol. The molecule has 0 bridgehead atoms. The van der Waals surface area contributed by atoms with Crippen molar-refractivity contribution in [2.24, 2.45) is 5.92 Å². The van der Waals surface area contributed by atoms with E-state index in [1.54, 1.807) is 24.3 Å². The number of aliphatic hydroxyl groups is 1. The molecule has 0 aliphatic heterocycles. The number of nitrogens with zero attached hydrogens (tertiary/aromatic N) is 1. The van der Waals surface area contributed by atoms with E-state index < -0.39 is 24.0 Å². The third-order valence-electron chi connectivity index (χ3n) is 3.32. The molecule has 0 aliphatic rings. The van der Waals surface area contributed by atoms with Gasteiger partial charge >= 0.3 is 5.97 Å². The summed E-state index contributed by atoms with van der Waals surface area (Å²) in [5.74, 6) is -1.02. The first kappa shape index (κ1) is 18.7. The molecule has 1 aromatic carbocycles. The van der Waals surface area contributed by atoms with E-state index in [-0.39, 0.29) is 12.3 Å². The lowest BCUT2D eigenvalue weighted by atomic mass is 10.0. The van der Waals surface area contributed by atoms with E-state index >= 15 is 0 Å². The number of nitriles is 1. The van der Waals surface area contributed by atoms with Gasteiger partial charge in [-0.3, -0.25) is 4.79 Å². The molecular formula is C17H22N2O4. The molecule has 6 nitrogen and oxygen atoms in total. The predicted octanol–water partition coefficient (Wildman–Crippen LogP) is 1.17. The van der Waals surface area contributed by atoms with Crippen molar-refractivity contribution in [1.82, 2.24) is 5.32 Å². The molecule has 0 aromatic heterocycles. The number of hydrogen-bond donors (Lipinski definition) is 2. The topological polar surface area (TPSA) is 99.4 Å². The number of benzene rings is 1. The number of esters is 1. The minimum absolute atomic E-state index is 0.158. The third kappa shape index (κ3) is 6.09. The molecule has 0 spiro atoms. The molecule has 0 heterocycles. The van der Waals surface area contributed by atoms with Gasteiger partial charge in [0.25, 0.3) is 0 Å². The van der Waals surface area contributed by atoms with Crippen molar-refractivity contribution in [2.75, 3.05) is 7.11 Å². The lowest BCUT2D eigenvalue weighted by molar-refractivity contribution is -0.146. The summed E-state index contributed by atoms with van der Waals surface area (Å²) < 4.78 is 4.70. The molecule has 0 aliphatic carbocycles. The maximum Gasteiger partial charge on any atom is 0.328 e. The van der Waals surface area contributed by atoms with Gasteiger partial charge in [-0.1, -0.05) is 26.0 Å². The second-order valence-electron chi connectivity index (χ2n) is 5.74. The molecule has 1 amide bonds. The van der Waals surface area contributed by atoms with Gasteiger partial charge in [-0.2, -0.15) is 5.26 Å². The van der Waals surface area contributed by atoms with Crippen LogP contribution in [-0.4, -0.2) is 36.2 Å². The summed E-state index contributed by atoms with van der Waals surface area (Å²) in [7, 11) is 1.24. The second-order valence-corrected chi connectivity index (χ2v) is 5.74. The van der Waals surface area contributed by atoms with Gasteiger partial charge in [0.15, 0.2) is 0 Å². The summed E-state index contributed by atoms with van der Waals surface area (Å²) in [6.07, 6.45) is -0.627. The highest BCUT2D eigenvalue weighted by atomic mass is 16.5. The molecule has 2 N–H and O–H groups in total. The molecule has 0 fully saturated rings. The van der Waals surface area contributed by atoms with Crippen LogP contribution < -0.4 is 5.32 Å². The Morgan fingerprint density at radius 1 is 1.30 bits per heavy atom. The van der Waals surface area contributed by atoms with Crippen molar-refractivity contribution < 1.29 is 19.4 Å². The van der Waals surface area contributed by atoms with Gasteiger partial charge in [-0.15, -0.1) is 0 Å². The number of hydrogen-bond acceptors (Lipinski definition) is 5. The molecule has 124 valence electrons. The minimum Gasteiger partial charge on any atom is -0.467 e. The van der Waals surface area contributed by atoms with Crippen molar-refractivity contribution in [1.29, 1.82) is 5.26 Å². The van der Waals surface area contributed by atoms with E-state index in [1.165, 1.54) is 7.11 Å². The SMILES string of the molecule is COC(=O)[C@@H](Cc1ccc(C#N)cc1)NC(=O)[C@H](O)CC(C)C. The van der Waals surface area contributed by atoms with Gasteiger partial charge in [0.2, 0.25) is 5.91 Å². The Balaban J connectivity index is 2.78. The zero-order valence-corrected chi connectivity index (χ0v) is 13.6. The van der Waals surface area contributed by atoms with Crippen LogP contribution in [0.15, 0.2) is 24.3 Å². The number of nitrogens with one attached hydrogen (secondary N) is 1. The van der Waals surface area contributed by atoms with Crippen molar-refractivity contribution in [2.45, 2.75) is 38.8 Å². The first-order valence-electron chi connectivity index (χ1n) is 7.42. The van der Waals surface area contributed by atoms with Crippen molar-refractivity contribution >= 4 is 11.9 Å². The second kappa shape index (κ2) is 8.91. The number of ether oxygens (including phenoxy) is 1. The number of carbonyl (C=O) groups excluding carboxylic acids is 2. The maximum absolute atomic E-state index is 12.0. The number of aliphatic hydroxyl groups excluding tert-OH is 1. The summed E-state index contributed by atoms with van der Waals surface area (Å²) in [5.41, 5.74) is 1.29. The van der Waals surface area contributed by atoms with Crippen LogP contribution in [0.25, 0.3) is 0 Å². The zero-order chi connectivity index (χ0) is 17.4. The minimum atomic E-state index is -1.16. The summed E-state index contributed by atoms with van der Waals surface area (Å²) in [6.45, 7) is 3.79. The van der Waals surface area contributed by atoms with E-state index in [2.05, 4.69) is 5.32 Å². The van der Waals surface area contributed by atoms with Gasteiger partial charge in [0.05, 0.1) is 18.7 Å². The fourth-order valence-corrected chi connectivity index (χ4v) is 2.11. The molecule has 1 aromatic rings. The van der Waals surface area contributed by atoms with Crippen LogP contribution >= 0.6 is 0 Å². The fourth-order valence-electron chi connectivity index (χ4n) is 2.11. The molecule has 0 saturated carbocycles. The summed E-state index contributed by atoms with van der Waals surface area (Å²) in [6, 6.07) is 7.83. The van der Waals surface area contributed by atoms with Crippen LogP contribution in [0.4, 0.5) is 0 Å². The molecule has 0 saturated heterocycles. The van der Waals surface area contributed by atoms with E-state index in [0.717, 1.165) is 5.56 Å². The molecule has 2 atom stereocenters. The first-order valence-corrected chi connectivity index (χ1v) is 7.42. The van der Waals surface area contributed by atoms with Crippen LogP contribution in [0.2, 0.25) is 0 Å². The summed E-state index contributed by atoms with van der Waals surface area (Å²) >= 11 is 0. The standard InChI is InChI=1S/C17H22N2O4/c1-11(2)8-15(20)16(21)19-14(17(22)23-3)9-12-4-6-13(10-18)7-5-12/h4-7,11,14-15,20H,8-9H2,1-3H3,(H,19,21)/t14-,15-/m1/s1. The van der Waals surface area contributed by atoms with Crippen LogP contribution in [0.3, 0.4) is 0 Å². The Morgan fingerprint density at radius 3 is 2.39 bits per heavy atom. The van der Waals surface area contributed by atoms with Gasteiger partial charge in [0.1, 0.15) is 12.1 Å². The average molecular weight is 318 g/mol. The van der Waals surface area contributed by atoms with Gasteiger partial charge in [-0.25, -0.2) is 4.79 Å². The number of carbonyl (C=O) groups is 2. The van der Waals surface area contributed by atoms with Crippen molar-refractivity contribution in [3.05, 3.63) is 35.4 Å². The molecule has 0 unspecified atom stereocenters. The third-order valence-corrected chi connectivity index (χ3v) is 3.32. The Hall–Kier alpha value is -2.39. The van der Waals surface area contributed by atoms with E-state index in [4.69, 9.17) is 10.00 Å². The van der Waals surface area contributed by atoms with E-state index in [0.29, 0.717) is 12.0 Å². The lowest BCUT2D eigenvalue weighted by Gasteiger charge is -2.19. The largest absolute Gasteiger partial charge is 0.467 e. The van der Waals surface area contributed by atoms with Crippen LogP contribution in [0.5, 0.6) is 0 Å². The van der Waals surface area contributed by atoms with E-state index in [1.807, 2.05) is 19.9 Å². The van der Waals surface area contributed by atoms with Crippen LogP contribution in [0.1, 0.15) is 31.4 Å². The molecule has 0 radical (unpaired) electrons. The fraction of sp³-hybridized carbons (Fsp3) is 0.471. The quantitative estimate of drug-likeness (QED) is 0.735. The number of amides is 1. The smallest absolute Gasteiger partial charge is 0.328 e. The van der Waals surface area contributed by atoms with Crippen LogP contribution in [-0.2, 0) is 20.7 Å². The average Bonchev–Trinajstić information content (AvgIpc) is 2.53. The Morgan fingerprint density at radius 2 is 1.91 bits per heavy atom. The van der Waals surface area contributed by atoms with Gasteiger partial charge in [0, 0.05) is 6.42 Å². The lowest BCUT2D eigenvalue weighted by Crippen LogP contribution is -2.47. The molecular weight excluding hydrogens is 296 g/mol. The summed E-state index contributed by atoms with van der Waals surface area (Å²) in [4.78, 5) is 23.8. The monoisotopic (exact) mass is 318 g/mol. The molecule has 23 heavy (non-hydrogen) atoms. The van der Waals surface area contributed by atoms with Crippen LogP contribution in [0, 0.1) is 17.2 Å².